The second kappa shape index (κ2) is 11.1. The SMILES string of the molecule is CC1=C[C@@H](CNS(=O)(=O)c2ccccc2)[C@H](C(C)C)C[C@H]1CC(=O)NCCN(C)C. The van der Waals surface area contributed by atoms with Crippen LogP contribution in [0.5, 0.6) is 0 Å². The molecule has 168 valence electrons. The quantitative estimate of drug-likeness (QED) is 0.554. The topological polar surface area (TPSA) is 78.5 Å². The molecule has 3 atom stereocenters. The van der Waals surface area contributed by atoms with E-state index in [1.807, 2.05) is 19.0 Å². The Morgan fingerprint density at radius 2 is 1.87 bits per heavy atom. The van der Waals surface area contributed by atoms with Crippen LogP contribution < -0.4 is 10.0 Å². The molecular formula is C23H37N3O3S. The van der Waals surface area contributed by atoms with Crippen LogP contribution in [-0.2, 0) is 14.8 Å². The molecule has 1 aromatic carbocycles. The summed E-state index contributed by atoms with van der Waals surface area (Å²) in [7, 11) is 0.448. The molecule has 0 aromatic heterocycles. The fourth-order valence-corrected chi connectivity index (χ4v) is 5.21. The van der Waals surface area contributed by atoms with Crippen molar-refractivity contribution < 1.29 is 13.2 Å². The van der Waals surface area contributed by atoms with Crippen molar-refractivity contribution in [3.63, 3.8) is 0 Å². The first-order valence-corrected chi connectivity index (χ1v) is 12.2. The Kier molecular flexibility index (Phi) is 9.07. The molecule has 0 saturated heterocycles. The molecule has 1 aliphatic rings. The van der Waals surface area contributed by atoms with Gasteiger partial charge in [0.2, 0.25) is 15.9 Å². The number of hydrogen-bond donors (Lipinski definition) is 2. The van der Waals surface area contributed by atoms with Gasteiger partial charge in [-0.05, 0) is 63.2 Å². The highest BCUT2D eigenvalue weighted by molar-refractivity contribution is 7.89. The number of benzene rings is 1. The summed E-state index contributed by atoms with van der Waals surface area (Å²) in [5.74, 6) is 1.14. The van der Waals surface area contributed by atoms with Gasteiger partial charge < -0.3 is 10.2 Å². The largest absolute Gasteiger partial charge is 0.355 e. The molecule has 0 spiro atoms. The molecule has 2 N–H and O–H groups in total. The molecule has 1 aliphatic carbocycles. The normalized spacial score (nSPS) is 22.2. The Labute approximate surface area is 182 Å². The van der Waals surface area contributed by atoms with Gasteiger partial charge in [-0.1, -0.05) is 43.7 Å². The van der Waals surface area contributed by atoms with Gasteiger partial charge in [0.05, 0.1) is 4.90 Å². The minimum Gasteiger partial charge on any atom is -0.355 e. The molecule has 0 heterocycles. The van der Waals surface area contributed by atoms with Gasteiger partial charge in [0, 0.05) is 26.1 Å². The van der Waals surface area contributed by atoms with Gasteiger partial charge in [0.15, 0.2) is 0 Å². The van der Waals surface area contributed by atoms with Gasteiger partial charge in [0.1, 0.15) is 0 Å². The van der Waals surface area contributed by atoms with Crippen LogP contribution in [0.25, 0.3) is 0 Å². The molecule has 1 aromatic rings. The highest BCUT2D eigenvalue weighted by Gasteiger charge is 2.33. The third kappa shape index (κ3) is 7.22. The predicted octanol–water partition coefficient (Wildman–Crippen LogP) is 2.89. The summed E-state index contributed by atoms with van der Waals surface area (Å²) in [5.41, 5.74) is 1.18. The number of hydrogen-bond acceptors (Lipinski definition) is 4. The molecule has 1 amide bonds. The summed E-state index contributed by atoms with van der Waals surface area (Å²) in [6.45, 7) is 8.26. The van der Waals surface area contributed by atoms with Crippen LogP contribution in [0, 0.1) is 23.7 Å². The van der Waals surface area contributed by atoms with Gasteiger partial charge in [-0.25, -0.2) is 13.1 Å². The van der Waals surface area contributed by atoms with E-state index in [2.05, 4.69) is 36.9 Å². The molecule has 0 saturated carbocycles. The van der Waals surface area contributed by atoms with E-state index in [4.69, 9.17) is 0 Å². The average Bonchev–Trinajstić information content (AvgIpc) is 2.68. The maximum atomic E-state index is 12.6. The lowest BCUT2D eigenvalue weighted by molar-refractivity contribution is -0.122. The van der Waals surface area contributed by atoms with E-state index < -0.39 is 10.0 Å². The van der Waals surface area contributed by atoms with Crippen LogP contribution in [0.1, 0.15) is 33.6 Å². The van der Waals surface area contributed by atoms with Crippen molar-refractivity contribution in [2.45, 2.75) is 38.5 Å². The Morgan fingerprint density at radius 3 is 2.47 bits per heavy atom. The fourth-order valence-electron chi connectivity index (χ4n) is 4.11. The number of allylic oxidation sites excluding steroid dienone is 1. The highest BCUT2D eigenvalue weighted by Crippen LogP contribution is 2.38. The van der Waals surface area contributed by atoms with Crippen LogP contribution in [-0.4, -0.2) is 53.0 Å². The molecule has 30 heavy (non-hydrogen) atoms. The summed E-state index contributed by atoms with van der Waals surface area (Å²) in [6, 6.07) is 8.47. The van der Waals surface area contributed by atoms with E-state index in [0.717, 1.165) is 13.0 Å². The van der Waals surface area contributed by atoms with E-state index in [9.17, 15) is 13.2 Å². The van der Waals surface area contributed by atoms with E-state index in [-0.39, 0.29) is 22.6 Å². The standard InChI is InChI=1S/C23H37N3O3S/c1-17(2)22-14-19(15-23(27)24-11-12-26(4)5)18(3)13-20(22)16-25-30(28,29)21-9-7-6-8-10-21/h6-10,13,17,19-20,22,25H,11-12,14-16H2,1-5H3,(H,24,27)/t19-,20-,22-/m0/s1. The second-order valence-electron chi connectivity index (χ2n) is 8.94. The fraction of sp³-hybridized carbons (Fsp3) is 0.609. The molecule has 0 aliphatic heterocycles. The van der Waals surface area contributed by atoms with Crippen molar-refractivity contribution in [3.05, 3.63) is 42.0 Å². The number of rotatable bonds is 10. The van der Waals surface area contributed by atoms with Gasteiger partial charge in [-0.2, -0.15) is 0 Å². The van der Waals surface area contributed by atoms with Crippen molar-refractivity contribution in [1.29, 1.82) is 0 Å². The van der Waals surface area contributed by atoms with Crippen molar-refractivity contribution in [2.24, 2.45) is 23.7 Å². The van der Waals surface area contributed by atoms with Gasteiger partial charge in [-0.3, -0.25) is 4.79 Å². The first-order chi connectivity index (χ1) is 14.1. The van der Waals surface area contributed by atoms with Crippen LogP contribution in [0.4, 0.5) is 0 Å². The lowest BCUT2D eigenvalue weighted by Gasteiger charge is -2.37. The van der Waals surface area contributed by atoms with Crippen molar-refractivity contribution in [1.82, 2.24) is 14.9 Å². The number of likely N-dealkylation sites (N-methyl/N-ethyl adjacent to an activating group) is 1. The summed E-state index contributed by atoms with van der Waals surface area (Å²) >= 11 is 0. The van der Waals surface area contributed by atoms with Crippen LogP contribution in [0.2, 0.25) is 0 Å². The molecule has 0 unspecified atom stereocenters. The van der Waals surface area contributed by atoms with Crippen LogP contribution in [0.15, 0.2) is 46.9 Å². The minimum atomic E-state index is -3.52. The van der Waals surface area contributed by atoms with Gasteiger partial charge in [0.25, 0.3) is 0 Å². The Balaban J connectivity index is 2.02. The molecule has 0 radical (unpaired) electrons. The number of amides is 1. The third-order valence-corrected chi connectivity index (χ3v) is 7.40. The molecule has 0 bridgehead atoms. The van der Waals surface area contributed by atoms with E-state index in [0.29, 0.717) is 31.3 Å². The monoisotopic (exact) mass is 435 g/mol. The maximum absolute atomic E-state index is 12.6. The second-order valence-corrected chi connectivity index (χ2v) is 10.7. The molecular weight excluding hydrogens is 398 g/mol. The van der Waals surface area contributed by atoms with E-state index in [1.54, 1.807) is 30.3 Å². The predicted molar refractivity (Wildman–Crippen MR) is 121 cm³/mol. The Bertz CT molecular complexity index is 819. The lowest BCUT2D eigenvalue weighted by Crippen LogP contribution is -2.38. The smallest absolute Gasteiger partial charge is 0.240 e. The van der Waals surface area contributed by atoms with Crippen molar-refractivity contribution in [2.75, 3.05) is 33.7 Å². The van der Waals surface area contributed by atoms with E-state index >= 15 is 0 Å². The van der Waals surface area contributed by atoms with Crippen molar-refractivity contribution in [3.8, 4) is 0 Å². The molecule has 2 rings (SSSR count). The third-order valence-electron chi connectivity index (χ3n) is 5.96. The zero-order valence-corrected chi connectivity index (χ0v) is 19.7. The average molecular weight is 436 g/mol. The number of sulfonamides is 1. The summed E-state index contributed by atoms with van der Waals surface area (Å²) in [4.78, 5) is 14.7. The number of carbonyl (C=O) groups is 1. The van der Waals surface area contributed by atoms with Crippen LogP contribution >= 0.6 is 0 Å². The minimum absolute atomic E-state index is 0.0836. The van der Waals surface area contributed by atoms with Crippen molar-refractivity contribution >= 4 is 15.9 Å². The zero-order chi connectivity index (χ0) is 22.3. The first-order valence-electron chi connectivity index (χ1n) is 10.7. The number of nitrogens with one attached hydrogen (secondary N) is 2. The number of nitrogens with zero attached hydrogens (tertiary/aromatic N) is 1. The molecule has 6 nitrogen and oxygen atoms in total. The highest BCUT2D eigenvalue weighted by atomic mass is 32.2. The number of carbonyl (C=O) groups excluding carboxylic acids is 1. The zero-order valence-electron chi connectivity index (χ0n) is 18.9. The lowest BCUT2D eigenvalue weighted by atomic mass is 9.70. The van der Waals surface area contributed by atoms with Gasteiger partial charge >= 0.3 is 0 Å². The Hall–Kier alpha value is -1.70. The Morgan fingerprint density at radius 1 is 1.20 bits per heavy atom. The summed E-state index contributed by atoms with van der Waals surface area (Å²) < 4.78 is 28.0. The van der Waals surface area contributed by atoms with Crippen LogP contribution in [0.3, 0.4) is 0 Å². The summed E-state index contributed by atoms with van der Waals surface area (Å²) in [5, 5.41) is 3.00. The van der Waals surface area contributed by atoms with E-state index in [1.165, 1.54) is 5.57 Å². The molecule has 0 fully saturated rings. The maximum Gasteiger partial charge on any atom is 0.240 e. The van der Waals surface area contributed by atoms with Gasteiger partial charge in [-0.15, -0.1) is 0 Å². The molecule has 7 heteroatoms. The first kappa shape index (κ1) is 24.6. The summed E-state index contributed by atoms with van der Waals surface area (Å²) in [6.07, 6.45) is 3.57.